The van der Waals surface area contributed by atoms with Crippen LogP contribution < -0.4 is 5.32 Å². The maximum Gasteiger partial charge on any atom is 0.272 e. The van der Waals surface area contributed by atoms with Crippen molar-refractivity contribution in [2.24, 2.45) is 7.05 Å². The molecule has 0 bridgehead atoms. The number of carbonyl (C=O) groups excluding carboxylic acids is 1. The van der Waals surface area contributed by atoms with E-state index in [1.807, 2.05) is 0 Å². The van der Waals surface area contributed by atoms with E-state index in [-0.39, 0.29) is 5.91 Å². The second-order valence-corrected chi connectivity index (χ2v) is 5.21. The first-order valence-corrected chi connectivity index (χ1v) is 6.76. The minimum atomic E-state index is -0.674. The van der Waals surface area contributed by atoms with Crippen LogP contribution in [0.2, 0.25) is 10.2 Å². The summed E-state index contributed by atoms with van der Waals surface area (Å²) in [6.07, 6.45) is -0.674. The molecule has 1 heterocycles. The number of hydrogen-bond donors (Lipinski definition) is 2. The molecule has 20 heavy (non-hydrogen) atoms. The Labute approximate surface area is 126 Å². The van der Waals surface area contributed by atoms with E-state index < -0.39 is 6.10 Å². The van der Waals surface area contributed by atoms with Crippen LogP contribution in [0.1, 0.15) is 29.1 Å². The molecule has 0 fully saturated rings. The third kappa shape index (κ3) is 2.82. The maximum absolute atomic E-state index is 12.2. The molecule has 1 atom stereocenters. The molecule has 1 aromatic heterocycles. The molecule has 1 aromatic carbocycles. The van der Waals surface area contributed by atoms with Crippen molar-refractivity contribution in [3.8, 4) is 0 Å². The molecule has 1 unspecified atom stereocenters. The molecular formula is C14H14Cl2N2O2. The zero-order valence-corrected chi connectivity index (χ0v) is 12.5. The van der Waals surface area contributed by atoms with Crippen LogP contribution in [0.4, 0.5) is 5.69 Å². The zero-order chi connectivity index (χ0) is 14.9. The number of aliphatic hydroxyl groups is 1. The quantitative estimate of drug-likeness (QED) is 0.909. The predicted molar refractivity (Wildman–Crippen MR) is 80.5 cm³/mol. The second kappa shape index (κ2) is 5.87. The summed E-state index contributed by atoms with van der Waals surface area (Å²) < 4.78 is 1.50. The van der Waals surface area contributed by atoms with E-state index in [9.17, 15) is 9.90 Å². The van der Waals surface area contributed by atoms with Crippen molar-refractivity contribution in [2.75, 3.05) is 5.32 Å². The zero-order valence-electron chi connectivity index (χ0n) is 11.0. The van der Waals surface area contributed by atoms with Gasteiger partial charge in [-0.05, 0) is 19.1 Å². The van der Waals surface area contributed by atoms with Gasteiger partial charge in [0.1, 0.15) is 10.8 Å². The summed E-state index contributed by atoms with van der Waals surface area (Å²) in [7, 11) is 1.66. The summed E-state index contributed by atoms with van der Waals surface area (Å²) in [6.45, 7) is 1.64. The molecule has 4 nitrogen and oxygen atoms in total. The largest absolute Gasteiger partial charge is 0.389 e. The summed E-state index contributed by atoms with van der Waals surface area (Å²) in [5, 5.41) is 13.1. The van der Waals surface area contributed by atoms with Gasteiger partial charge in [0.05, 0.1) is 11.1 Å². The highest BCUT2D eigenvalue weighted by Gasteiger charge is 2.17. The fraction of sp³-hybridized carbons (Fsp3) is 0.214. The minimum absolute atomic E-state index is 0.306. The lowest BCUT2D eigenvalue weighted by Gasteiger charge is -2.13. The number of halogens is 2. The van der Waals surface area contributed by atoms with Gasteiger partial charge in [-0.2, -0.15) is 0 Å². The molecular weight excluding hydrogens is 299 g/mol. The SMILES string of the molecule is CC(O)c1ccccc1NC(=O)c1cc(Cl)c(Cl)n1C. The number of para-hydroxylation sites is 1. The van der Waals surface area contributed by atoms with Gasteiger partial charge < -0.3 is 15.0 Å². The van der Waals surface area contributed by atoms with Crippen molar-refractivity contribution in [3.05, 3.63) is 51.8 Å². The first-order chi connectivity index (χ1) is 9.41. The van der Waals surface area contributed by atoms with Gasteiger partial charge in [0.2, 0.25) is 0 Å². The average Bonchev–Trinajstić information content (AvgIpc) is 2.67. The fourth-order valence-corrected chi connectivity index (χ4v) is 2.30. The van der Waals surface area contributed by atoms with Crippen molar-refractivity contribution in [1.82, 2.24) is 4.57 Å². The highest BCUT2D eigenvalue weighted by atomic mass is 35.5. The molecule has 1 amide bonds. The van der Waals surface area contributed by atoms with Crippen LogP contribution in [0, 0.1) is 0 Å². The van der Waals surface area contributed by atoms with Crippen molar-refractivity contribution in [3.63, 3.8) is 0 Å². The topological polar surface area (TPSA) is 54.3 Å². The molecule has 0 radical (unpaired) electrons. The molecule has 0 saturated carbocycles. The lowest BCUT2D eigenvalue weighted by Crippen LogP contribution is -2.17. The fourth-order valence-electron chi connectivity index (χ4n) is 1.92. The Balaban J connectivity index is 2.31. The molecule has 0 aliphatic rings. The molecule has 0 aliphatic heterocycles. The van der Waals surface area contributed by atoms with Crippen LogP contribution in [0.5, 0.6) is 0 Å². The van der Waals surface area contributed by atoms with Crippen molar-refractivity contribution < 1.29 is 9.90 Å². The Hall–Kier alpha value is -1.49. The van der Waals surface area contributed by atoms with Gasteiger partial charge in [0.25, 0.3) is 5.91 Å². The maximum atomic E-state index is 12.2. The average molecular weight is 313 g/mol. The molecule has 2 rings (SSSR count). The van der Waals surface area contributed by atoms with Crippen LogP contribution in [-0.2, 0) is 7.05 Å². The van der Waals surface area contributed by atoms with Gasteiger partial charge in [-0.1, -0.05) is 41.4 Å². The second-order valence-electron chi connectivity index (χ2n) is 4.44. The minimum Gasteiger partial charge on any atom is -0.389 e. The van der Waals surface area contributed by atoms with Gasteiger partial charge in [-0.15, -0.1) is 0 Å². The van der Waals surface area contributed by atoms with Crippen LogP contribution in [0.15, 0.2) is 30.3 Å². The van der Waals surface area contributed by atoms with E-state index in [1.54, 1.807) is 38.2 Å². The number of nitrogens with one attached hydrogen (secondary N) is 1. The van der Waals surface area contributed by atoms with Crippen molar-refractivity contribution in [2.45, 2.75) is 13.0 Å². The number of nitrogens with zero attached hydrogens (tertiary/aromatic N) is 1. The van der Waals surface area contributed by atoms with E-state index >= 15 is 0 Å². The normalized spacial score (nSPS) is 12.2. The summed E-state index contributed by atoms with van der Waals surface area (Å²) in [5.74, 6) is -0.339. The Morgan fingerprint density at radius 2 is 2.00 bits per heavy atom. The summed E-state index contributed by atoms with van der Waals surface area (Å²) >= 11 is 11.8. The van der Waals surface area contributed by atoms with E-state index in [4.69, 9.17) is 23.2 Å². The number of aliphatic hydroxyl groups excluding tert-OH is 1. The number of rotatable bonds is 3. The number of amides is 1. The summed E-state index contributed by atoms with van der Waals surface area (Å²) in [6, 6.07) is 8.57. The molecule has 0 aliphatic carbocycles. The lowest BCUT2D eigenvalue weighted by molar-refractivity contribution is 0.101. The number of hydrogen-bond acceptors (Lipinski definition) is 2. The number of carbonyl (C=O) groups is 1. The predicted octanol–water partition coefficient (Wildman–Crippen LogP) is 3.64. The highest BCUT2D eigenvalue weighted by Crippen LogP contribution is 2.27. The van der Waals surface area contributed by atoms with E-state index in [0.717, 1.165) is 0 Å². The first kappa shape index (κ1) is 14.9. The Morgan fingerprint density at radius 3 is 2.55 bits per heavy atom. The van der Waals surface area contributed by atoms with Crippen LogP contribution in [0.3, 0.4) is 0 Å². The van der Waals surface area contributed by atoms with Crippen molar-refractivity contribution >= 4 is 34.8 Å². The van der Waals surface area contributed by atoms with E-state index in [0.29, 0.717) is 27.1 Å². The molecule has 106 valence electrons. The lowest BCUT2D eigenvalue weighted by atomic mass is 10.1. The molecule has 2 aromatic rings. The summed E-state index contributed by atoms with van der Waals surface area (Å²) in [5.41, 5.74) is 1.55. The smallest absolute Gasteiger partial charge is 0.272 e. The molecule has 0 spiro atoms. The molecule has 6 heteroatoms. The van der Waals surface area contributed by atoms with Crippen LogP contribution in [-0.4, -0.2) is 15.6 Å². The Bertz CT molecular complexity index is 651. The molecule has 2 N–H and O–H groups in total. The summed E-state index contributed by atoms with van der Waals surface area (Å²) in [4.78, 5) is 12.2. The Morgan fingerprint density at radius 1 is 1.35 bits per heavy atom. The third-order valence-corrected chi connectivity index (χ3v) is 3.85. The van der Waals surface area contributed by atoms with Gasteiger partial charge in [-0.3, -0.25) is 4.79 Å². The van der Waals surface area contributed by atoms with Gasteiger partial charge in [0, 0.05) is 18.3 Å². The van der Waals surface area contributed by atoms with Gasteiger partial charge in [0.15, 0.2) is 0 Å². The highest BCUT2D eigenvalue weighted by molar-refractivity contribution is 6.42. The number of aromatic nitrogens is 1. The molecule has 0 saturated heterocycles. The first-order valence-electron chi connectivity index (χ1n) is 6.01. The van der Waals surface area contributed by atoms with Gasteiger partial charge >= 0.3 is 0 Å². The van der Waals surface area contributed by atoms with E-state index in [1.165, 1.54) is 10.6 Å². The van der Waals surface area contributed by atoms with Crippen molar-refractivity contribution in [1.29, 1.82) is 0 Å². The number of benzene rings is 1. The van der Waals surface area contributed by atoms with E-state index in [2.05, 4.69) is 5.32 Å². The monoisotopic (exact) mass is 312 g/mol. The van der Waals surface area contributed by atoms with Gasteiger partial charge in [-0.25, -0.2) is 0 Å². The van der Waals surface area contributed by atoms with Crippen LogP contribution in [0.25, 0.3) is 0 Å². The number of anilines is 1. The Kier molecular flexibility index (Phi) is 4.38. The van der Waals surface area contributed by atoms with Crippen LogP contribution >= 0.6 is 23.2 Å². The third-order valence-electron chi connectivity index (χ3n) is 3.01. The standard InChI is InChI=1S/C14H14Cl2N2O2/c1-8(19)9-5-3-4-6-11(9)17-14(20)12-7-10(15)13(16)18(12)2/h3-8,19H,1-2H3,(H,17,20).